The van der Waals surface area contributed by atoms with Gasteiger partial charge in [0.25, 0.3) is 0 Å². The van der Waals surface area contributed by atoms with Crippen LogP contribution in [0.4, 0.5) is 13.2 Å². The van der Waals surface area contributed by atoms with E-state index in [1.165, 1.54) is 24.1 Å². The van der Waals surface area contributed by atoms with E-state index >= 15 is 0 Å². The smallest absolute Gasteiger partial charge is 0.299 e. The molecule has 1 saturated carbocycles. The van der Waals surface area contributed by atoms with Crippen LogP contribution >= 0.6 is 0 Å². The first-order valence-corrected chi connectivity index (χ1v) is 12.5. The van der Waals surface area contributed by atoms with Crippen LogP contribution < -0.4 is 5.14 Å². The summed E-state index contributed by atoms with van der Waals surface area (Å²) in [6.45, 7) is 2.81. The van der Waals surface area contributed by atoms with E-state index in [4.69, 9.17) is 5.14 Å². The maximum Gasteiger partial charge on any atom is 0.416 e. The van der Waals surface area contributed by atoms with Gasteiger partial charge >= 0.3 is 16.5 Å². The summed E-state index contributed by atoms with van der Waals surface area (Å²) in [5, 5.41) is 4.72. The lowest BCUT2D eigenvalue weighted by Gasteiger charge is -2.25. The van der Waals surface area contributed by atoms with Crippen LogP contribution in [-0.2, 0) is 33.6 Å². The molecule has 1 aliphatic rings. The lowest BCUT2D eigenvalue weighted by Crippen LogP contribution is -2.30. The standard InChI is InChI=1S/C18H20F3N.C6H13NO3S/c1-14(22(2)13-15-7-4-3-5-8-15)11-16-9-6-10-17(12-16)18(19,20)21;7-11(8,9)10-6-4-2-1-3-5-6/h3-10,12,14H,11,13H2,1-2H3;6H,1-5H2,(H2,7,8,9). The van der Waals surface area contributed by atoms with Gasteiger partial charge in [0.1, 0.15) is 0 Å². The second-order valence-corrected chi connectivity index (χ2v) is 9.68. The Balaban J connectivity index is 0.000000294. The number of alkyl halides is 3. The van der Waals surface area contributed by atoms with Crippen molar-refractivity contribution in [2.75, 3.05) is 7.05 Å². The molecule has 0 radical (unpaired) electrons. The van der Waals surface area contributed by atoms with E-state index < -0.39 is 22.0 Å². The topological polar surface area (TPSA) is 72.6 Å². The Kier molecular flexibility index (Phi) is 10.3. The minimum absolute atomic E-state index is 0.156. The van der Waals surface area contributed by atoms with Gasteiger partial charge in [-0.1, -0.05) is 67.8 Å². The van der Waals surface area contributed by atoms with E-state index in [9.17, 15) is 21.6 Å². The summed E-state index contributed by atoms with van der Waals surface area (Å²) in [5.41, 5.74) is 1.33. The molecule has 9 heteroatoms. The van der Waals surface area contributed by atoms with Gasteiger partial charge in [-0.15, -0.1) is 0 Å². The third-order valence-corrected chi connectivity index (χ3v) is 6.18. The number of nitrogens with two attached hydrogens (primary N) is 1. The normalized spacial score (nSPS) is 16.2. The van der Waals surface area contributed by atoms with Crippen LogP contribution in [0.15, 0.2) is 54.6 Å². The minimum atomic E-state index is -4.28. The molecular formula is C24H33F3N2O3S. The molecule has 0 spiro atoms. The molecule has 0 aliphatic heterocycles. The largest absolute Gasteiger partial charge is 0.416 e. The van der Waals surface area contributed by atoms with Crippen molar-refractivity contribution in [2.24, 2.45) is 5.14 Å². The first kappa shape index (κ1) is 27.3. The molecule has 3 rings (SSSR count). The number of likely N-dealkylation sites (N-methyl/N-ethyl adjacent to an activating group) is 1. The van der Waals surface area contributed by atoms with Gasteiger partial charge in [0.2, 0.25) is 0 Å². The molecule has 0 bridgehead atoms. The fourth-order valence-corrected chi connectivity index (χ4v) is 4.32. The number of nitrogens with zero attached hydrogens (tertiary/aromatic N) is 1. The number of halogens is 3. The second kappa shape index (κ2) is 12.5. The average molecular weight is 487 g/mol. The van der Waals surface area contributed by atoms with Gasteiger partial charge in [-0.3, -0.25) is 9.08 Å². The summed E-state index contributed by atoms with van der Waals surface area (Å²) < 4.78 is 63.8. The Morgan fingerprint density at radius 1 is 1.03 bits per heavy atom. The number of rotatable bonds is 7. The number of benzene rings is 2. The highest BCUT2D eigenvalue weighted by Crippen LogP contribution is 2.30. The number of hydrogen-bond acceptors (Lipinski definition) is 4. The molecule has 2 N–H and O–H groups in total. The van der Waals surface area contributed by atoms with Crippen LogP contribution in [0, 0.1) is 0 Å². The van der Waals surface area contributed by atoms with Crippen molar-refractivity contribution in [3.05, 3.63) is 71.3 Å². The molecule has 1 fully saturated rings. The van der Waals surface area contributed by atoms with Gasteiger partial charge in [-0.05, 0) is 50.4 Å². The molecule has 0 amide bonds. The van der Waals surface area contributed by atoms with Gasteiger partial charge in [-0.2, -0.15) is 21.6 Å². The molecule has 2 aromatic rings. The maximum atomic E-state index is 12.7. The molecule has 184 valence electrons. The van der Waals surface area contributed by atoms with Gasteiger partial charge in [0.05, 0.1) is 11.7 Å². The van der Waals surface area contributed by atoms with Crippen molar-refractivity contribution in [3.8, 4) is 0 Å². The van der Waals surface area contributed by atoms with E-state index in [1.807, 2.05) is 44.3 Å². The summed E-state index contributed by atoms with van der Waals surface area (Å²) in [5.74, 6) is 0. The minimum Gasteiger partial charge on any atom is -0.299 e. The van der Waals surface area contributed by atoms with Crippen molar-refractivity contribution >= 4 is 10.3 Å². The van der Waals surface area contributed by atoms with Crippen LogP contribution in [-0.4, -0.2) is 32.5 Å². The second-order valence-electron chi connectivity index (χ2n) is 8.50. The predicted molar refractivity (Wildman–Crippen MR) is 124 cm³/mol. The molecule has 5 nitrogen and oxygen atoms in total. The fourth-order valence-electron chi connectivity index (χ4n) is 3.75. The van der Waals surface area contributed by atoms with Gasteiger partial charge < -0.3 is 0 Å². The monoisotopic (exact) mass is 486 g/mol. The molecule has 0 aromatic heterocycles. The van der Waals surface area contributed by atoms with Gasteiger partial charge in [0.15, 0.2) is 0 Å². The zero-order valence-electron chi connectivity index (χ0n) is 19.1. The SMILES string of the molecule is CC(Cc1cccc(C(F)(F)F)c1)N(C)Cc1ccccc1.NS(=O)(=O)OC1CCCCC1. The average Bonchev–Trinajstić information content (AvgIpc) is 2.74. The highest BCUT2D eigenvalue weighted by Gasteiger charge is 2.30. The summed E-state index contributed by atoms with van der Waals surface area (Å²) in [4.78, 5) is 2.15. The quantitative estimate of drug-likeness (QED) is 0.576. The maximum absolute atomic E-state index is 12.7. The van der Waals surface area contributed by atoms with E-state index in [1.54, 1.807) is 6.07 Å². The zero-order chi connectivity index (χ0) is 24.5. The molecule has 1 atom stereocenters. The van der Waals surface area contributed by atoms with Crippen LogP contribution in [0.25, 0.3) is 0 Å². The van der Waals surface area contributed by atoms with E-state index in [0.29, 0.717) is 12.0 Å². The highest BCUT2D eigenvalue weighted by molar-refractivity contribution is 7.84. The van der Waals surface area contributed by atoms with Crippen LogP contribution in [0.5, 0.6) is 0 Å². The van der Waals surface area contributed by atoms with Crippen LogP contribution in [0.1, 0.15) is 55.7 Å². The first-order chi connectivity index (χ1) is 15.4. The molecular weight excluding hydrogens is 453 g/mol. The summed E-state index contributed by atoms with van der Waals surface area (Å²) in [6.07, 6.45) is 1.03. The van der Waals surface area contributed by atoms with Gasteiger partial charge in [0, 0.05) is 12.6 Å². The Morgan fingerprint density at radius 3 is 2.21 bits per heavy atom. The molecule has 1 unspecified atom stereocenters. The van der Waals surface area contributed by atoms with Crippen molar-refractivity contribution in [1.82, 2.24) is 4.90 Å². The molecule has 2 aromatic carbocycles. The Bertz CT molecular complexity index is 947. The highest BCUT2D eigenvalue weighted by atomic mass is 32.2. The summed E-state index contributed by atoms with van der Waals surface area (Å²) >= 11 is 0. The zero-order valence-corrected chi connectivity index (χ0v) is 19.9. The van der Waals surface area contributed by atoms with E-state index in [2.05, 4.69) is 9.08 Å². The lowest BCUT2D eigenvalue weighted by atomic mass is 9.98. The van der Waals surface area contributed by atoms with Crippen molar-refractivity contribution in [1.29, 1.82) is 0 Å². The van der Waals surface area contributed by atoms with Crippen molar-refractivity contribution in [2.45, 2.75) is 70.3 Å². The third-order valence-electron chi connectivity index (χ3n) is 5.64. The van der Waals surface area contributed by atoms with Crippen LogP contribution in [0.3, 0.4) is 0 Å². The van der Waals surface area contributed by atoms with E-state index in [-0.39, 0.29) is 12.1 Å². The molecule has 1 aliphatic carbocycles. The van der Waals surface area contributed by atoms with Crippen molar-refractivity contribution in [3.63, 3.8) is 0 Å². The summed E-state index contributed by atoms with van der Waals surface area (Å²) in [7, 11) is -1.73. The summed E-state index contributed by atoms with van der Waals surface area (Å²) in [6, 6.07) is 15.8. The predicted octanol–water partition coefficient (Wildman–Crippen LogP) is 5.31. The fraction of sp³-hybridized carbons (Fsp3) is 0.500. The molecule has 0 heterocycles. The molecule has 0 saturated heterocycles. The Hall–Kier alpha value is -1.94. The Morgan fingerprint density at radius 2 is 1.64 bits per heavy atom. The number of hydrogen-bond donors (Lipinski definition) is 1. The van der Waals surface area contributed by atoms with Gasteiger partial charge in [-0.25, -0.2) is 5.14 Å². The van der Waals surface area contributed by atoms with Crippen LogP contribution in [0.2, 0.25) is 0 Å². The third kappa shape index (κ3) is 10.7. The molecule has 33 heavy (non-hydrogen) atoms. The lowest BCUT2D eigenvalue weighted by molar-refractivity contribution is -0.137. The van der Waals surface area contributed by atoms with Crippen molar-refractivity contribution < 1.29 is 25.8 Å². The first-order valence-electron chi connectivity index (χ1n) is 11.1. The Labute approximate surface area is 195 Å². The van der Waals surface area contributed by atoms with E-state index in [0.717, 1.165) is 38.3 Å².